The average Bonchev–Trinajstić information content (AvgIpc) is 3.31. The van der Waals surface area contributed by atoms with Crippen molar-refractivity contribution in [1.29, 1.82) is 0 Å². The molecule has 0 unspecified atom stereocenters. The van der Waals surface area contributed by atoms with Crippen LogP contribution in [0.4, 0.5) is 0 Å². The topological polar surface area (TPSA) is 84.9 Å². The first-order valence-corrected chi connectivity index (χ1v) is 9.54. The van der Waals surface area contributed by atoms with Crippen LogP contribution in [0.5, 0.6) is 0 Å². The smallest absolute Gasteiger partial charge is 0.348 e. The Kier molecular flexibility index (Phi) is 4.91. The van der Waals surface area contributed by atoms with E-state index in [2.05, 4.69) is 36.2 Å². The van der Waals surface area contributed by atoms with Crippen LogP contribution in [0, 0.1) is 0 Å². The minimum atomic E-state index is -0.525. The number of hydrogen-bond acceptors (Lipinski definition) is 4. The van der Waals surface area contributed by atoms with Crippen LogP contribution in [0.25, 0.3) is 33.4 Å². The molecule has 5 rings (SSSR count). The molecule has 0 saturated heterocycles. The summed E-state index contributed by atoms with van der Waals surface area (Å²) in [5, 5.41) is 4.27. The molecule has 3 N–H and O–H groups in total. The molecule has 2 aromatic heterocycles. The first kappa shape index (κ1) is 19.0. The largest absolute Gasteiger partial charge is 1.00 e. The Morgan fingerprint density at radius 3 is 2.86 bits per heavy atom. The monoisotopic (exact) mass is 478 g/mol. The van der Waals surface area contributed by atoms with Gasteiger partial charge in [-0.2, -0.15) is 0 Å². The van der Waals surface area contributed by atoms with Gasteiger partial charge >= 0.3 is 5.63 Å². The third-order valence-corrected chi connectivity index (χ3v) is 5.43. The Hall–Kier alpha value is -2.35. The maximum Gasteiger partial charge on any atom is 0.348 e. The second-order valence-corrected chi connectivity index (χ2v) is 7.56. The van der Waals surface area contributed by atoms with Gasteiger partial charge in [-0.25, -0.2) is 9.78 Å². The zero-order chi connectivity index (χ0) is 18.5. The predicted octanol–water partition coefficient (Wildman–Crippen LogP) is -0.813. The van der Waals surface area contributed by atoms with Crippen LogP contribution in [-0.4, -0.2) is 28.9 Å². The summed E-state index contributed by atoms with van der Waals surface area (Å²) < 4.78 is 6.29. The van der Waals surface area contributed by atoms with Crippen molar-refractivity contribution in [3.05, 3.63) is 61.9 Å². The molecule has 1 aliphatic rings. The van der Waals surface area contributed by atoms with Crippen LogP contribution < -0.4 is 28.3 Å². The number of H-pyrrole nitrogens is 1. The number of rotatable bonds is 2. The van der Waals surface area contributed by atoms with Gasteiger partial charge < -0.3 is 21.8 Å². The lowest BCUT2D eigenvalue weighted by Crippen LogP contribution is -3.00. The van der Waals surface area contributed by atoms with Gasteiger partial charge in [-0.15, -0.1) is 0 Å². The number of imidazole rings is 1. The number of aromatic nitrogens is 2. The van der Waals surface area contributed by atoms with Crippen LogP contribution in [-0.2, 0) is 0 Å². The predicted molar refractivity (Wildman–Crippen MR) is 108 cm³/mol. The van der Waals surface area contributed by atoms with Gasteiger partial charge in [0.2, 0.25) is 0 Å². The minimum Gasteiger partial charge on any atom is -1.00 e. The number of aromatic amines is 1. The molecule has 0 aliphatic carbocycles. The van der Waals surface area contributed by atoms with Crippen LogP contribution in [0.2, 0.25) is 5.02 Å². The molecular weight excluding hydrogens is 467 g/mol. The van der Waals surface area contributed by atoms with Gasteiger partial charge in [0.1, 0.15) is 30.1 Å². The van der Waals surface area contributed by atoms with Gasteiger partial charge in [0.05, 0.1) is 21.6 Å². The van der Waals surface area contributed by atoms with Crippen molar-refractivity contribution in [1.82, 2.24) is 15.3 Å². The fourth-order valence-corrected chi connectivity index (χ4v) is 3.94. The summed E-state index contributed by atoms with van der Waals surface area (Å²) in [5.74, 6) is 1.38. The molecule has 6 nitrogen and oxygen atoms in total. The standard InChI is InChI=1S/C19H12BrClN4O2.ClH/c20-10-2-4-14-11(8-10)16(21)15(19(26)27-14)18-24-12-3-1-9(7-13(12)25-18)17-22-5-6-23-17;/h1-4,7-8H,5-6H2,(H,22,23)(H,24,25);1H. The fraction of sp³-hybridized carbons (Fsp3) is 0.105. The highest BCUT2D eigenvalue weighted by molar-refractivity contribution is 9.10. The first-order chi connectivity index (χ1) is 13.1. The summed E-state index contributed by atoms with van der Waals surface area (Å²) in [6.45, 7) is 1.79. The van der Waals surface area contributed by atoms with Crippen LogP contribution in [0.15, 0.2) is 50.1 Å². The van der Waals surface area contributed by atoms with Crippen LogP contribution >= 0.6 is 27.5 Å². The normalized spacial score (nSPS) is 13.4. The van der Waals surface area contributed by atoms with Gasteiger partial charge in [0.25, 0.3) is 5.84 Å². The molecule has 0 bridgehead atoms. The summed E-state index contributed by atoms with van der Waals surface area (Å²) in [4.78, 5) is 23.6. The van der Waals surface area contributed by atoms with E-state index in [0.29, 0.717) is 21.8 Å². The Balaban J connectivity index is 0.00000192. The van der Waals surface area contributed by atoms with E-state index in [4.69, 9.17) is 16.0 Å². The van der Waals surface area contributed by atoms with Crippen molar-refractivity contribution in [2.45, 2.75) is 0 Å². The number of benzene rings is 2. The van der Waals surface area contributed by atoms with E-state index in [1.165, 1.54) is 0 Å². The van der Waals surface area contributed by atoms with Gasteiger partial charge in [-0.3, -0.25) is 10.3 Å². The van der Waals surface area contributed by atoms with Crippen molar-refractivity contribution in [2.24, 2.45) is 0 Å². The van der Waals surface area contributed by atoms with Gasteiger partial charge in [0, 0.05) is 9.86 Å². The van der Waals surface area contributed by atoms with E-state index in [0.717, 1.165) is 40.0 Å². The molecule has 0 radical (unpaired) electrons. The highest BCUT2D eigenvalue weighted by atomic mass is 79.9. The van der Waals surface area contributed by atoms with Gasteiger partial charge in [0.15, 0.2) is 0 Å². The third kappa shape index (κ3) is 3.09. The molecule has 4 aromatic rings. The van der Waals surface area contributed by atoms with E-state index < -0.39 is 5.63 Å². The molecule has 0 atom stereocenters. The summed E-state index contributed by atoms with van der Waals surface area (Å²) in [6, 6.07) is 11.2. The number of hydrogen-bond donors (Lipinski definition) is 3. The van der Waals surface area contributed by atoms with Crippen LogP contribution in [0.1, 0.15) is 5.56 Å². The summed E-state index contributed by atoms with van der Waals surface area (Å²) >= 11 is 9.97. The molecule has 0 saturated carbocycles. The Morgan fingerprint density at radius 1 is 1.21 bits per heavy atom. The molecular formula is C19H13BrCl2N4O2. The third-order valence-electron chi connectivity index (χ3n) is 4.54. The van der Waals surface area contributed by atoms with E-state index in [1.54, 1.807) is 12.1 Å². The molecule has 142 valence electrons. The van der Waals surface area contributed by atoms with E-state index >= 15 is 0 Å². The highest BCUT2D eigenvalue weighted by Gasteiger charge is 2.20. The zero-order valence-corrected chi connectivity index (χ0v) is 17.4. The highest BCUT2D eigenvalue weighted by Crippen LogP contribution is 2.32. The lowest BCUT2D eigenvalue weighted by Gasteiger charge is -2.04. The van der Waals surface area contributed by atoms with E-state index in [-0.39, 0.29) is 18.0 Å². The first-order valence-electron chi connectivity index (χ1n) is 8.37. The fourth-order valence-electron chi connectivity index (χ4n) is 3.26. The average molecular weight is 480 g/mol. The summed E-state index contributed by atoms with van der Waals surface area (Å²) in [7, 11) is 0. The van der Waals surface area contributed by atoms with Crippen molar-refractivity contribution in [3.8, 4) is 11.4 Å². The van der Waals surface area contributed by atoms with Crippen molar-refractivity contribution in [2.75, 3.05) is 13.1 Å². The maximum absolute atomic E-state index is 12.5. The molecule has 28 heavy (non-hydrogen) atoms. The molecule has 3 heterocycles. The Bertz CT molecular complexity index is 1310. The number of nitrogens with zero attached hydrogens (tertiary/aromatic N) is 1. The number of nitrogens with one attached hydrogen (secondary N) is 3. The SMILES string of the molecule is O=c1oc2ccc(Br)cc2c(Cl)c1-c1nc2ccc(C3=[NH+]CCN3)cc2[nH]1.[Cl-]. The van der Waals surface area contributed by atoms with Gasteiger partial charge in [-0.05, 0) is 36.4 Å². The van der Waals surface area contributed by atoms with Crippen LogP contribution in [0.3, 0.4) is 0 Å². The molecule has 0 fully saturated rings. The van der Waals surface area contributed by atoms with Crippen molar-refractivity contribution in [3.63, 3.8) is 0 Å². The van der Waals surface area contributed by atoms with Crippen molar-refractivity contribution < 1.29 is 21.8 Å². The van der Waals surface area contributed by atoms with E-state index in [1.807, 2.05) is 24.3 Å². The Morgan fingerprint density at radius 2 is 2.07 bits per heavy atom. The maximum atomic E-state index is 12.5. The zero-order valence-electron chi connectivity index (χ0n) is 14.3. The van der Waals surface area contributed by atoms with E-state index in [9.17, 15) is 4.79 Å². The van der Waals surface area contributed by atoms with Crippen molar-refractivity contribution >= 4 is 55.4 Å². The lowest BCUT2D eigenvalue weighted by molar-refractivity contribution is -0.444. The van der Waals surface area contributed by atoms with Gasteiger partial charge in [-0.1, -0.05) is 27.5 Å². The lowest BCUT2D eigenvalue weighted by atomic mass is 10.2. The number of amidine groups is 1. The number of fused-ring (bicyclic) bond motifs is 2. The molecule has 2 aromatic carbocycles. The second kappa shape index (κ2) is 7.24. The quantitative estimate of drug-likeness (QED) is 0.328. The summed E-state index contributed by atoms with van der Waals surface area (Å²) in [5.41, 5.74) is 2.72. The number of halogens is 3. The molecule has 1 aliphatic heterocycles. The molecule has 9 heteroatoms. The Labute approximate surface area is 178 Å². The molecule has 0 amide bonds. The summed E-state index contributed by atoms with van der Waals surface area (Å²) in [6.07, 6.45) is 0. The minimum absolute atomic E-state index is 0. The molecule has 0 spiro atoms. The second-order valence-electron chi connectivity index (χ2n) is 6.26.